The molecule has 2 saturated heterocycles. The largest absolute Gasteiger partial charge is 0.493 e. The second-order valence-corrected chi connectivity index (χ2v) is 6.86. The van der Waals surface area contributed by atoms with Crippen molar-refractivity contribution in [1.82, 2.24) is 9.80 Å². The lowest BCUT2D eigenvalue weighted by atomic mass is 10.1. The van der Waals surface area contributed by atoms with Crippen LogP contribution in [0.4, 0.5) is 0 Å². The highest BCUT2D eigenvalue weighted by Gasteiger charge is 2.35. The molecule has 1 atom stereocenters. The molecule has 8 heteroatoms. The fourth-order valence-corrected chi connectivity index (χ4v) is 4.14. The summed E-state index contributed by atoms with van der Waals surface area (Å²) in [6.45, 7) is 2.34. The van der Waals surface area contributed by atoms with E-state index in [0.29, 0.717) is 43.6 Å². The summed E-state index contributed by atoms with van der Waals surface area (Å²) < 4.78 is 15.9. The smallest absolute Gasteiger partial charge is 0.242 e. The SMILES string of the molecule is COc1ccc([C@@H]2SCC(=O)N2CC(=O)N2CCOCC2)cc1OC. The molecule has 7 nitrogen and oxygen atoms in total. The molecule has 25 heavy (non-hydrogen) atoms. The molecular formula is C17H22N2O5S. The van der Waals surface area contributed by atoms with Crippen molar-refractivity contribution in [2.45, 2.75) is 5.37 Å². The minimum atomic E-state index is -0.197. The molecule has 1 aromatic rings. The van der Waals surface area contributed by atoms with Crippen LogP contribution in [0.3, 0.4) is 0 Å². The molecule has 2 aliphatic rings. The lowest BCUT2D eigenvalue weighted by Gasteiger charge is -2.30. The number of hydrogen-bond donors (Lipinski definition) is 0. The number of methoxy groups -OCH3 is 2. The molecule has 2 fully saturated rings. The molecular weight excluding hydrogens is 344 g/mol. The van der Waals surface area contributed by atoms with Gasteiger partial charge in [0, 0.05) is 13.1 Å². The topological polar surface area (TPSA) is 68.3 Å². The van der Waals surface area contributed by atoms with Gasteiger partial charge in [-0.3, -0.25) is 9.59 Å². The molecule has 2 heterocycles. The highest BCUT2D eigenvalue weighted by atomic mass is 32.2. The van der Waals surface area contributed by atoms with Gasteiger partial charge < -0.3 is 24.0 Å². The second-order valence-electron chi connectivity index (χ2n) is 5.79. The molecule has 0 aliphatic carbocycles. The Morgan fingerprint density at radius 3 is 2.64 bits per heavy atom. The van der Waals surface area contributed by atoms with E-state index in [1.54, 1.807) is 24.0 Å². The van der Waals surface area contributed by atoms with Crippen LogP contribution in [0.25, 0.3) is 0 Å². The number of ether oxygens (including phenoxy) is 3. The van der Waals surface area contributed by atoms with E-state index < -0.39 is 0 Å². The van der Waals surface area contributed by atoms with E-state index in [2.05, 4.69) is 0 Å². The zero-order valence-electron chi connectivity index (χ0n) is 14.4. The van der Waals surface area contributed by atoms with Crippen LogP contribution in [-0.2, 0) is 14.3 Å². The molecule has 2 amide bonds. The van der Waals surface area contributed by atoms with Gasteiger partial charge in [-0.1, -0.05) is 6.07 Å². The Kier molecular flexibility index (Phi) is 5.70. The number of carbonyl (C=O) groups excluding carboxylic acids is 2. The molecule has 0 radical (unpaired) electrons. The van der Waals surface area contributed by atoms with Crippen LogP contribution in [0.15, 0.2) is 18.2 Å². The van der Waals surface area contributed by atoms with Crippen molar-refractivity contribution >= 4 is 23.6 Å². The van der Waals surface area contributed by atoms with E-state index in [0.717, 1.165) is 5.56 Å². The van der Waals surface area contributed by atoms with Crippen LogP contribution in [0, 0.1) is 0 Å². The lowest BCUT2D eigenvalue weighted by Crippen LogP contribution is -2.46. The Morgan fingerprint density at radius 1 is 1.24 bits per heavy atom. The molecule has 0 bridgehead atoms. The van der Waals surface area contributed by atoms with Gasteiger partial charge in [-0.2, -0.15) is 0 Å². The number of amides is 2. The van der Waals surface area contributed by atoms with E-state index in [1.807, 2.05) is 18.2 Å². The Bertz CT molecular complexity index is 648. The molecule has 1 aromatic carbocycles. The Morgan fingerprint density at radius 2 is 1.96 bits per heavy atom. The third kappa shape index (κ3) is 3.85. The van der Waals surface area contributed by atoms with Gasteiger partial charge in [-0.15, -0.1) is 11.8 Å². The first-order valence-electron chi connectivity index (χ1n) is 8.12. The molecule has 3 rings (SSSR count). The van der Waals surface area contributed by atoms with Crippen LogP contribution in [0.1, 0.15) is 10.9 Å². The summed E-state index contributed by atoms with van der Waals surface area (Å²) in [5.74, 6) is 1.56. The minimum Gasteiger partial charge on any atom is -0.493 e. The number of hydrogen-bond acceptors (Lipinski definition) is 6. The highest BCUT2D eigenvalue weighted by Crippen LogP contribution is 2.41. The summed E-state index contributed by atoms with van der Waals surface area (Å²) in [6, 6.07) is 5.59. The quantitative estimate of drug-likeness (QED) is 0.778. The van der Waals surface area contributed by atoms with Gasteiger partial charge in [-0.05, 0) is 17.7 Å². The first kappa shape index (κ1) is 17.9. The average Bonchev–Trinajstić information content (AvgIpc) is 3.02. The van der Waals surface area contributed by atoms with Crippen molar-refractivity contribution in [2.75, 3.05) is 52.8 Å². The zero-order valence-corrected chi connectivity index (χ0v) is 15.2. The summed E-state index contributed by atoms with van der Waals surface area (Å²) in [7, 11) is 3.16. The molecule has 0 spiro atoms. The third-order valence-electron chi connectivity index (χ3n) is 4.33. The molecule has 136 valence electrons. The second kappa shape index (κ2) is 7.97. The number of rotatable bonds is 5. The maximum absolute atomic E-state index is 12.5. The number of morpholine rings is 1. The first-order chi connectivity index (χ1) is 12.1. The predicted octanol–water partition coefficient (Wildman–Crippen LogP) is 1.14. The molecule has 0 unspecified atom stereocenters. The fourth-order valence-electron chi connectivity index (χ4n) is 2.97. The molecule has 2 aliphatic heterocycles. The Labute approximate surface area is 151 Å². The van der Waals surface area contributed by atoms with Crippen molar-refractivity contribution in [3.05, 3.63) is 23.8 Å². The van der Waals surface area contributed by atoms with E-state index in [1.165, 1.54) is 11.8 Å². The van der Waals surface area contributed by atoms with Crippen molar-refractivity contribution in [3.63, 3.8) is 0 Å². The van der Waals surface area contributed by atoms with Gasteiger partial charge >= 0.3 is 0 Å². The van der Waals surface area contributed by atoms with Gasteiger partial charge in [0.25, 0.3) is 0 Å². The fraction of sp³-hybridized carbons (Fsp3) is 0.529. The summed E-state index contributed by atoms with van der Waals surface area (Å²) in [5.41, 5.74) is 0.920. The van der Waals surface area contributed by atoms with Crippen molar-refractivity contribution < 1.29 is 23.8 Å². The molecule has 0 N–H and O–H groups in total. The Balaban J connectivity index is 1.76. The average molecular weight is 366 g/mol. The monoisotopic (exact) mass is 366 g/mol. The van der Waals surface area contributed by atoms with E-state index in [4.69, 9.17) is 14.2 Å². The molecule has 0 saturated carbocycles. The van der Waals surface area contributed by atoms with E-state index in [9.17, 15) is 9.59 Å². The van der Waals surface area contributed by atoms with Crippen LogP contribution in [-0.4, -0.2) is 74.4 Å². The van der Waals surface area contributed by atoms with Gasteiger partial charge in [0.05, 0.1) is 33.2 Å². The van der Waals surface area contributed by atoms with Crippen LogP contribution in [0.5, 0.6) is 11.5 Å². The van der Waals surface area contributed by atoms with Crippen molar-refractivity contribution in [2.24, 2.45) is 0 Å². The standard InChI is InChI=1S/C17H22N2O5S/c1-22-13-4-3-12(9-14(13)23-2)17-19(16(21)11-25-17)10-15(20)18-5-7-24-8-6-18/h3-4,9,17H,5-8,10-11H2,1-2H3/t17-/m0/s1. The first-order valence-corrected chi connectivity index (χ1v) is 9.17. The van der Waals surface area contributed by atoms with Crippen LogP contribution < -0.4 is 9.47 Å². The highest BCUT2D eigenvalue weighted by molar-refractivity contribution is 8.00. The van der Waals surface area contributed by atoms with Gasteiger partial charge in [-0.25, -0.2) is 0 Å². The maximum Gasteiger partial charge on any atom is 0.242 e. The summed E-state index contributed by atoms with van der Waals surface area (Å²) in [4.78, 5) is 28.2. The van der Waals surface area contributed by atoms with Gasteiger partial charge in [0.2, 0.25) is 11.8 Å². The summed E-state index contributed by atoms with van der Waals surface area (Å²) in [5, 5.41) is -0.197. The van der Waals surface area contributed by atoms with Crippen LogP contribution in [0.2, 0.25) is 0 Å². The lowest BCUT2D eigenvalue weighted by molar-refractivity contribution is -0.141. The minimum absolute atomic E-state index is 0.0219. The molecule has 0 aromatic heterocycles. The number of carbonyl (C=O) groups is 2. The summed E-state index contributed by atoms with van der Waals surface area (Å²) in [6.07, 6.45) is 0. The zero-order chi connectivity index (χ0) is 17.8. The third-order valence-corrected chi connectivity index (χ3v) is 5.59. The van der Waals surface area contributed by atoms with E-state index in [-0.39, 0.29) is 23.7 Å². The Hall–Kier alpha value is -1.93. The predicted molar refractivity (Wildman–Crippen MR) is 93.9 cm³/mol. The van der Waals surface area contributed by atoms with Crippen molar-refractivity contribution in [3.8, 4) is 11.5 Å². The van der Waals surface area contributed by atoms with Gasteiger partial charge in [0.15, 0.2) is 11.5 Å². The van der Waals surface area contributed by atoms with Crippen molar-refractivity contribution in [1.29, 1.82) is 0 Å². The normalized spacial score (nSPS) is 20.7. The van der Waals surface area contributed by atoms with Gasteiger partial charge in [0.1, 0.15) is 11.9 Å². The summed E-state index contributed by atoms with van der Waals surface area (Å²) >= 11 is 1.52. The number of benzene rings is 1. The van der Waals surface area contributed by atoms with Crippen LogP contribution >= 0.6 is 11.8 Å². The number of nitrogens with zero attached hydrogens (tertiary/aromatic N) is 2. The number of thioether (sulfide) groups is 1. The van der Waals surface area contributed by atoms with E-state index >= 15 is 0 Å². The maximum atomic E-state index is 12.5.